The number of carbonyl (C=O) groups excluding carboxylic acids is 1. The summed E-state index contributed by atoms with van der Waals surface area (Å²) in [5.74, 6) is -0.0496. The maximum atomic E-state index is 13.5. The zero-order chi connectivity index (χ0) is 21.5. The number of rotatable bonds is 4. The molecule has 3 aromatic carbocycles. The highest BCUT2D eigenvalue weighted by atomic mass is 35.5. The van der Waals surface area contributed by atoms with Gasteiger partial charge in [-0.15, -0.1) is 0 Å². The maximum absolute atomic E-state index is 13.5. The third-order valence-electron chi connectivity index (χ3n) is 5.83. The largest absolute Gasteiger partial charge is 0.322 e. The number of aromatic nitrogens is 2. The molecule has 0 radical (unpaired) electrons. The summed E-state index contributed by atoms with van der Waals surface area (Å²) < 4.78 is 0. The topological polar surface area (TPSA) is 49.0 Å². The zero-order valence-corrected chi connectivity index (χ0v) is 18.1. The molecule has 5 heteroatoms. The van der Waals surface area contributed by atoms with Crippen LogP contribution < -0.4 is 0 Å². The molecular formula is C26H22ClN3O. The van der Waals surface area contributed by atoms with Crippen LogP contribution in [0, 0.1) is 13.8 Å². The second-order valence-corrected chi connectivity index (χ2v) is 8.54. The van der Waals surface area contributed by atoms with Crippen molar-refractivity contribution >= 4 is 17.5 Å². The molecule has 0 spiro atoms. The molecule has 4 aromatic rings. The summed E-state index contributed by atoms with van der Waals surface area (Å²) in [7, 11) is 0. The summed E-state index contributed by atoms with van der Waals surface area (Å²) in [5.41, 5.74) is 7.68. The van der Waals surface area contributed by atoms with Crippen LogP contribution in [-0.4, -0.2) is 21.0 Å². The normalized spacial score (nSPS) is 15.4. The maximum Gasteiger partial charge on any atom is 0.273 e. The fourth-order valence-electron chi connectivity index (χ4n) is 4.20. The summed E-state index contributed by atoms with van der Waals surface area (Å²) in [6, 6.07) is 24.0. The van der Waals surface area contributed by atoms with E-state index < -0.39 is 0 Å². The minimum Gasteiger partial charge on any atom is -0.322 e. The summed E-state index contributed by atoms with van der Waals surface area (Å²) in [6.45, 7) is 4.62. The Labute approximate surface area is 186 Å². The Kier molecular flexibility index (Phi) is 4.87. The summed E-state index contributed by atoms with van der Waals surface area (Å²) >= 11 is 6.33. The number of aryl methyl sites for hydroxylation is 2. The zero-order valence-electron chi connectivity index (χ0n) is 17.4. The molecule has 0 bridgehead atoms. The number of aromatic amines is 1. The summed E-state index contributed by atoms with van der Waals surface area (Å²) in [4.78, 5) is 15.4. The minimum absolute atomic E-state index is 0.0496. The van der Waals surface area contributed by atoms with E-state index in [0.29, 0.717) is 17.3 Å². The van der Waals surface area contributed by atoms with E-state index in [1.165, 1.54) is 11.1 Å². The van der Waals surface area contributed by atoms with Gasteiger partial charge in [0.05, 0.1) is 11.7 Å². The van der Waals surface area contributed by atoms with Crippen molar-refractivity contribution in [1.82, 2.24) is 15.1 Å². The van der Waals surface area contributed by atoms with Crippen LogP contribution in [0.5, 0.6) is 0 Å². The number of halogens is 1. The van der Waals surface area contributed by atoms with Gasteiger partial charge < -0.3 is 4.90 Å². The second-order valence-electron chi connectivity index (χ2n) is 8.10. The first-order valence-electron chi connectivity index (χ1n) is 10.3. The Hall–Kier alpha value is -3.37. The van der Waals surface area contributed by atoms with Gasteiger partial charge in [0, 0.05) is 22.7 Å². The van der Waals surface area contributed by atoms with Crippen LogP contribution in [-0.2, 0) is 6.54 Å². The number of hydrogen-bond acceptors (Lipinski definition) is 2. The van der Waals surface area contributed by atoms with Gasteiger partial charge in [-0.25, -0.2) is 0 Å². The van der Waals surface area contributed by atoms with Gasteiger partial charge in [-0.2, -0.15) is 5.10 Å². The van der Waals surface area contributed by atoms with Crippen molar-refractivity contribution in [1.29, 1.82) is 0 Å². The number of carbonyl (C=O) groups is 1. The minimum atomic E-state index is -0.266. The van der Waals surface area contributed by atoms with E-state index in [9.17, 15) is 4.79 Å². The number of H-pyrrole nitrogens is 1. The number of nitrogens with one attached hydrogen (secondary N) is 1. The van der Waals surface area contributed by atoms with Crippen molar-refractivity contribution in [2.75, 3.05) is 0 Å². The fourth-order valence-corrected chi connectivity index (χ4v) is 4.40. The molecule has 1 aromatic heterocycles. The van der Waals surface area contributed by atoms with Crippen LogP contribution in [0.25, 0.3) is 11.3 Å². The molecule has 1 atom stereocenters. The number of benzene rings is 3. The lowest BCUT2D eigenvalue weighted by Crippen LogP contribution is -2.29. The van der Waals surface area contributed by atoms with Gasteiger partial charge in [0.1, 0.15) is 5.69 Å². The third-order valence-corrected chi connectivity index (χ3v) is 6.06. The molecule has 1 N–H and O–H groups in total. The average Bonchev–Trinajstić information content (AvgIpc) is 3.30. The summed E-state index contributed by atoms with van der Waals surface area (Å²) in [6.07, 6.45) is 0. The van der Waals surface area contributed by atoms with Gasteiger partial charge >= 0.3 is 0 Å². The van der Waals surface area contributed by atoms with Gasteiger partial charge in [0.15, 0.2) is 0 Å². The first-order chi connectivity index (χ1) is 15.0. The molecule has 0 aliphatic carbocycles. The molecule has 4 nitrogen and oxygen atoms in total. The van der Waals surface area contributed by atoms with E-state index in [1.54, 1.807) is 0 Å². The van der Waals surface area contributed by atoms with Gasteiger partial charge in [0.25, 0.3) is 5.91 Å². The van der Waals surface area contributed by atoms with Crippen LogP contribution in [0.2, 0.25) is 5.02 Å². The van der Waals surface area contributed by atoms with Crippen LogP contribution in [0.3, 0.4) is 0 Å². The fraction of sp³-hybridized carbons (Fsp3) is 0.154. The van der Waals surface area contributed by atoms with Crippen LogP contribution in [0.1, 0.15) is 44.3 Å². The predicted molar refractivity (Wildman–Crippen MR) is 123 cm³/mol. The number of amides is 1. The quantitative estimate of drug-likeness (QED) is 0.428. The molecule has 1 amide bonds. The molecule has 2 heterocycles. The highest BCUT2D eigenvalue weighted by molar-refractivity contribution is 6.30. The lowest BCUT2D eigenvalue weighted by Gasteiger charge is -2.26. The van der Waals surface area contributed by atoms with Crippen molar-refractivity contribution in [3.63, 3.8) is 0 Å². The van der Waals surface area contributed by atoms with E-state index in [1.807, 2.05) is 41.3 Å². The Morgan fingerprint density at radius 3 is 2.32 bits per heavy atom. The Balaban J connectivity index is 1.64. The lowest BCUT2D eigenvalue weighted by atomic mass is 9.95. The molecular weight excluding hydrogens is 406 g/mol. The van der Waals surface area contributed by atoms with Crippen molar-refractivity contribution in [2.24, 2.45) is 0 Å². The molecule has 1 aliphatic heterocycles. The first kappa shape index (κ1) is 19.6. The highest BCUT2D eigenvalue weighted by Gasteiger charge is 2.42. The Morgan fingerprint density at radius 2 is 1.65 bits per heavy atom. The van der Waals surface area contributed by atoms with Gasteiger partial charge in [-0.1, -0.05) is 83.4 Å². The molecule has 0 fully saturated rings. The molecule has 0 saturated heterocycles. The van der Waals surface area contributed by atoms with E-state index in [0.717, 1.165) is 27.9 Å². The van der Waals surface area contributed by atoms with Crippen molar-refractivity contribution in [3.05, 3.63) is 111 Å². The average molecular weight is 428 g/mol. The summed E-state index contributed by atoms with van der Waals surface area (Å²) in [5, 5.41) is 8.20. The smallest absolute Gasteiger partial charge is 0.273 e. The van der Waals surface area contributed by atoms with Gasteiger partial charge in [-0.05, 0) is 37.1 Å². The van der Waals surface area contributed by atoms with Gasteiger partial charge in [-0.3, -0.25) is 9.89 Å². The standard InChI is InChI=1S/C26H22ClN3O/c1-16-6-10-18(11-7-16)15-30-25(20-4-3-5-21(27)14-20)22-23(28-29-24(22)26(30)31)19-12-8-17(2)9-13-19/h3-14,25H,15H2,1-2H3,(H,28,29). The molecule has 1 aliphatic rings. The molecule has 154 valence electrons. The predicted octanol–water partition coefficient (Wildman–Crippen LogP) is 6.09. The molecule has 5 rings (SSSR count). The Bertz CT molecular complexity index is 1260. The highest BCUT2D eigenvalue weighted by Crippen LogP contribution is 2.43. The number of nitrogens with zero attached hydrogens (tertiary/aromatic N) is 2. The van der Waals surface area contributed by atoms with Crippen LogP contribution in [0.15, 0.2) is 72.8 Å². The lowest BCUT2D eigenvalue weighted by molar-refractivity contribution is 0.0730. The second kappa shape index (κ2) is 7.71. The van der Waals surface area contributed by atoms with E-state index in [2.05, 4.69) is 60.4 Å². The monoisotopic (exact) mass is 427 g/mol. The number of hydrogen-bond donors (Lipinski definition) is 1. The number of fused-ring (bicyclic) bond motifs is 1. The third kappa shape index (κ3) is 3.53. The molecule has 1 unspecified atom stereocenters. The first-order valence-corrected chi connectivity index (χ1v) is 10.7. The van der Waals surface area contributed by atoms with E-state index >= 15 is 0 Å². The van der Waals surface area contributed by atoms with E-state index in [4.69, 9.17) is 11.6 Å². The van der Waals surface area contributed by atoms with Crippen molar-refractivity contribution in [3.8, 4) is 11.3 Å². The Morgan fingerprint density at radius 1 is 0.968 bits per heavy atom. The van der Waals surface area contributed by atoms with E-state index in [-0.39, 0.29) is 11.9 Å². The van der Waals surface area contributed by atoms with Crippen LogP contribution >= 0.6 is 11.6 Å². The molecule has 31 heavy (non-hydrogen) atoms. The van der Waals surface area contributed by atoms with Crippen LogP contribution in [0.4, 0.5) is 0 Å². The van der Waals surface area contributed by atoms with Crippen molar-refractivity contribution < 1.29 is 4.79 Å². The van der Waals surface area contributed by atoms with Gasteiger partial charge in [0.2, 0.25) is 0 Å². The van der Waals surface area contributed by atoms with Crippen molar-refractivity contribution in [2.45, 2.75) is 26.4 Å². The molecule has 0 saturated carbocycles. The SMILES string of the molecule is Cc1ccc(CN2C(=O)c3[nH]nc(-c4ccc(C)cc4)c3C2c2cccc(Cl)c2)cc1.